The normalized spacial score (nSPS) is 11.5. The summed E-state index contributed by atoms with van der Waals surface area (Å²) in [6.07, 6.45) is 0.240. The molecule has 1 atom stereocenters. The summed E-state index contributed by atoms with van der Waals surface area (Å²) in [6.45, 7) is 3.81. The zero-order valence-electron chi connectivity index (χ0n) is 19.3. The lowest BCUT2D eigenvalue weighted by Crippen LogP contribution is -2.33. The van der Waals surface area contributed by atoms with E-state index in [0.717, 1.165) is 0 Å². The van der Waals surface area contributed by atoms with Crippen LogP contribution in [0.1, 0.15) is 29.8 Å². The maximum Gasteiger partial charge on any atom is 0.343 e. The molecule has 0 aromatic heterocycles. The molecule has 0 saturated carbocycles. The van der Waals surface area contributed by atoms with Crippen molar-refractivity contribution in [3.8, 4) is 17.2 Å². The van der Waals surface area contributed by atoms with Gasteiger partial charge in [-0.25, -0.2) is 10.2 Å². The van der Waals surface area contributed by atoms with Gasteiger partial charge in [-0.3, -0.25) is 14.9 Å². The van der Waals surface area contributed by atoms with Gasteiger partial charge in [-0.1, -0.05) is 28.1 Å². The van der Waals surface area contributed by atoms with Gasteiger partial charge in [0.05, 0.1) is 23.3 Å². The second kappa shape index (κ2) is 12.5. The minimum Gasteiger partial charge on any atom is -0.494 e. The van der Waals surface area contributed by atoms with E-state index in [4.69, 9.17) is 14.2 Å². The van der Waals surface area contributed by atoms with E-state index in [1.165, 1.54) is 31.3 Å². The summed E-state index contributed by atoms with van der Waals surface area (Å²) in [4.78, 5) is 35.5. The number of carbonyl (C=O) groups is 2. The summed E-state index contributed by atoms with van der Waals surface area (Å²) < 4.78 is 17.0. The number of benzene rings is 3. The van der Waals surface area contributed by atoms with Crippen molar-refractivity contribution < 1.29 is 28.7 Å². The molecule has 0 saturated heterocycles. The van der Waals surface area contributed by atoms with Gasteiger partial charge in [0.25, 0.3) is 5.91 Å². The van der Waals surface area contributed by atoms with Crippen molar-refractivity contribution in [3.05, 3.63) is 92.4 Å². The van der Waals surface area contributed by atoms with E-state index in [0.29, 0.717) is 28.0 Å². The van der Waals surface area contributed by atoms with Crippen LogP contribution in [0.25, 0.3) is 0 Å². The Morgan fingerprint density at radius 3 is 2.53 bits per heavy atom. The SMILES string of the molecule is CCOc1ccc(C(=O)Oc2ccc(Br)cc2/C=N/NC(=O)C(C)Oc2ccccc2[N+](=O)[O-])cc1. The first-order chi connectivity index (χ1) is 17.3. The van der Waals surface area contributed by atoms with Crippen LogP contribution in [0.2, 0.25) is 0 Å². The smallest absolute Gasteiger partial charge is 0.343 e. The number of nitrogens with one attached hydrogen (secondary N) is 1. The number of hydrazone groups is 1. The maximum atomic E-state index is 12.6. The largest absolute Gasteiger partial charge is 0.494 e. The van der Waals surface area contributed by atoms with Gasteiger partial charge in [0, 0.05) is 16.1 Å². The van der Waals surface area contributed by atoms with Gasteiger partial charge >= 0.3 is 11.7 Å². The molecular formula is C25H22BrN3O7. The molecule has 0 fully saturated rings. The zero-order chi connectivity index (χ0) is 26.1. The fourth-order valence-corrected chi connectivity index (χ4v) is 3.31. The van der Waals surface area contributed by atoms with Gasteiger partial charge in [-0.15, -0.1) is 0 Å². The van der Waals surface area contributed by atoms with E-state index in [9.17, 15) is 19.7 Å². The van der Waals surface area contributed by atoms with Gasteiger partial charge in [-0.2, -0.15) is 5.10 Å². The van der Waals surface area contributed by atoms with Gasteiger partial charge in [0.1, 0.15) is 11.5 Å². The fourth-order valence-electron chi connectivity index (χ4n) is 2.93. The number of hydrogen-bond acceptors (Lipinski definition) is 8. The van der Waals surface area contributed by atoms with Crippen LogP contribution in [-0.4, -0.2) is 35.7 Å². The standard InChI is InChI=1S/C25H22BrN3O7/c1-3-34-20-11-8-17(9-12-20)25(31)36-22-13-10-19(26)14-18(22)15-27-28-24(30)16(2)35-23-7-5-4-6-21(23)29(32)33/h4-16H,3H2,1-2H3,(H,28,30)/b27-15+. The van der Waals surface area contributed by atoms with Crippen LogP contribution in [0.15, 0.2) is 76.3 Å². The number of halogens is 1. The van der Waals surface area contributed by atoms with Crippen molar-refractivity contribution in [2.75, 3.05) is 6.61 Å². The number of hydrogen-bond donors (Lipinski definition) is 1. The highest BCUT2D eigenvalue weighted by Crippen LogP contribution is 2.27. The van der Waals surface area contributed by atoms with E-state index in [2.05, 4.69) is 26.5 Å². The van der Waals surface area contributed by atoms with Crippen molar-refractivity contribution >= 4 is 39.7 Å². The molecule has 3 aromatic rings. The van der Waals surface area contributed by atoms with Crippen LogP contribution in [-0.2, 0) is 4.79 Å². The molecule has 1 unspecified atom stereocenters. The Balaban J connectivity index is 1.66. The average molecular weight is 556 g/mol. The van der Waals surface area contributed by atoms with E-state index >= 15 is 0 Å². The minimum absolute atomic E-state index is 0.0374. The van der Waals surface area contributed by atoms with E-state index in [1.54, 1.807) is 48.5 Å². The summed E-state index contributed by atoms with van der Waals surface area (Å²) >= 11 is 3.35. The Morgan fingerprint density at radius 1 is 1.11 bits per heavy atom. The molecule has 3 rings (SSSR count). The van der Waals surface area contributed by atoms with Gasteiger partial charge in [0.15, 0.2) is 11.9 Å². The number of para-hydroxylation sites is 2. The number of rotatable bonds is 10. The second-order valence-electron chi connectivity index (χ2n) is 7.25. The molecule has 10 nitrogen and oxygen atoms in total. The molecule has 0 radical (unpaired) electrons. The molecule has 1 amide bonds. The number of amides is 1. The molecule has 1 N–H and O–H groups in total. The Kier molecular flexibility index (Phi) is 9.12. The molecule has 0 aliphatic heterocycles. The third-order valence-electron chi connectivity index (χ3n) is 4.69. The zero-order valence-corrected chi connectivity index (χ0v) is 20.9. The first-order valence-corrected chi connectivity index (χ1v) is 11.6. The number of esters is 1. The molecule has 0 aliphatic rings. The van der Waals surface area contributed by atoms with Gasteiger partial charge in [-0.05, 0) is 62.4 Å². The van der Waals surface area contributed by atoms with Gasteiger partial charge in [0.2, 0.25) is 0 Å². The maximum absolute atomic E-state index is 12.6. The van der Waals surface area contributed by atoms with Crippen LogP contribution in [0.3, 0.4) is 0 Å². The first-order valence-electron chi connectivity index (χ1n) is 10.8. The topological polar surface area (TPSA) is 129 Å². The van der Waals surface area contributed by atoms with Crippen molar-refractivity contribution in [1.29, 1.82) is 0 Å². The van der Waals surface area contributed by atoms with Gasteiger partial charge < -0.3 is 14.2 Å². The van der Waals surface area contributed by atoms with E-state index < -0.39 is 22.9 Å². The lowest BCUT2D eigenvalue weighted by Gasteiger charge is -2.13. The number of nitro groups is 1. The number of carbonyl (C=O) groups excluding carboxylic acids is 2. The minimum atomic E-state index is -1.07. The van der Waals surface area contributed by atoms with Crippen molar-refractivity contribution in [3.63, 3.8) is 0 Å². The molecule has 0 aliphatic carbocycles. The van der Waals surface area contributed by atoms with Crippen LogP contribution >= 0.6 is 15.9 Å². The summed E-state index contributed by atoms with van der Waals surface area (Å²) in [7, 11) is 0. The molecule has 186 valence electrons. The van der Waals surface area contributed by atoms with E-state index in [-0.39, 0.29) is 17.2 Å². The Labute approximate surface area is 215 Å². The summed E-state index contributed by atoms with van der Waals surface area (Å²) in [6, 6.07) is 17.2. The molecule has 0 bridgehead atoms. The monoisotopic (exact) mass is 555 g/mol. The van der Waals surface area contributed by atoms with Crippen LogP contribution < -0.4 is 19.6 Å². The highest BCUT2D eigenvalue weighted by atomic mass is 79.9. The summed E-state index contributed by atoms with van der Waals surface area (Å²) in [5.41, 5.74) is 2.81. The predicted molar refractivity (Wildman–Crippen MR) is 136 cm³/mol. The number of ether oxygens (including phenoxy) is 3. The lowest BCUT2D eigenvalue weighted by molar-refractivity contribution is -0.386. The fraction of sp³-hybridized carbons (Fsp3) is 0.160. The second-order valence-corrected chi connectivity index (χ2v) is 8.16. The number of nitrogens with zero attached hydrogens (tertiary/aromatic N) is 2. The van der Waals surface area contributed by atoms with Crippen LogP contribution in [0.4, 0.5) is 5.69 Å². The average Bonchev–Trinajstić information content (AvgIpc) is 2.86. The Bertz CT molecular complexity index is 1280. The van der Waals surface area contributed by atoms with Crippen molar-refractivity contribution in [2.24, 2.45) is 5.10 Å². The van der Waals surface area contributed by atoms with Crippen LogP contribution in [0.5, 0.6) is 17.2 Å². The molecular weight excluding hydrogens is 534 g/mol. The van der Waals surface area contributed by atoms with Crippen molar-refractivity contribution in [2.45, 2.75) is 20.0 Å². The molecule has 3 aromatic carbocycles. The van der Waals surface area contributed by atoms with Crippen LogP contribution in [0, 0.1) is 10.1 Å². The quantitative estimate of drug-likeness (QED) is 0.124. The first kappa shape index (κ1) is 26.4. The Hall–Kier alpha value is -4.25. The van der Waals surface area contributed by atoms with E-state index in [1.807, 2.05) is 6.92 Å². The third kappa shape index (κ3) is 7.12. The summed E-state index contributed by atoms with van der Waals surface area (Å²) in [5, 5.41) is 15.0. The summed E-state index contributed by atoms with van der Waals surface area (Å²) in [5.74, 6) is -0.386. The molecule has 0 spiro atoms. The third-order valence-corrected chi connectivity index (χ3v) is 5.18. The molecule has 36 heavy (non-hydrogen) atoms. The Morgan fingerprint density at radius 2 is 1.83 bits per heavy atom. The molecule has 11 heteroatoms. The van der Waals surface area contributed by atoms with Crippen molar-refractivity contribution in [1.82, 2.24) is 5.43 Å². The number of nitro benzene ring substituents is 1. The molecule has 0 heterocycles. The highest BCUT2D eigenvalue weighted by Gasteiger charge is 2.20. The lowest BCUT2D eigenvalue weighted by atomic mass is 10.2. The highest BCUT2D eigenvalue weighted by molar-refractivity contribution is 9.10. The predicted octanol–water partition coefficient (Wildman–Crippen LogP) is 4.89.